The highest BCUT2D eigenvalue weighted by Gasteiger charge is 2.25. The topological polar surface area (TPSA) is 32.3 Å². The Morgan fingerprint density at radius 2 is 1.82 bits per heavy atom. The number of nitrogens with zero attached hydrogens (tertiary/aromatic N) is 1. The van der Waals surface area contributed by atoms with Crippen molar-refractivity contribution in [3.8, 4) is 0 Å². The predicted octanol–water partition coefficient (Wildman–Crippen LogP) is 3.68. The molecule has 2 aromatic rings. The normalized spacial score (nSPS) is 15.9. The van der Waals surface area contributed by atoms with Crippen LogP contribution in [-0.4, -0.2) is 23.4 Å². The van der Waals surface area contributed by atoms with Crippen molar-refractivity contribution in [3.63, 3.8) is 0 Å². The van der Waals surface area contributed by atoms with Crippen LogP contribution in [0.3, 0.4) is 0 Å². The SMILES string of the molecule is CC(C(=O)Nc1ccc(I)cc1)N1CCc2ccccc2C1. The number of nitrogens with one attached hydrogen (secondary N) is 1. The lowest BCUT2D eigenvalue weighted by Gasteiger charge is -2.32. The molecule has 0 fully saturated rings. The molecule has 0 radical (unpaired) electrons. The highest BCUT2D eigenvalue weighted by molar-refractivity contribution is 14.1. The van der Waals surface area contributed by atoms with Crippen molar-refractivity contribution in [2.24, 2.45) is 0 Å². The second-order valence-corrected chi connectivity index (χ2v) is 6.91. The first kappa shape index (κ1) is 15.5. The van der Waals surface area contributed by atoms with E-state index in [0.717, 1.165) is 28.8 Å². The van der Waals surface area contributed by atoms with E-state index < -0.39 is 0 Å². The van der Waals surface area contributed by atoms with Gasteiger partial charge in [-0.1, -0.05) is 24.3 Å². The third-order valence-corrected chi connectivity index (χ3v) is 4.92. The number of halogens is 1. The first-order chi connectivity index (χ1) is 10.6. The Morgan fingerprint density at radius 3 is 2.55 bits per heavy atom. The van der Waals surface area contributed by atoms with Crippen molar-refractivity contribution in [2.45, 2.75) is 25.9 Å². The van der Waals surface area contributed by atoms with Crippen LogP contribution in [0.2, 0.25) is 0 Å². The smallest absolute Gasteiger partial charge is 0.241 e. The van der Waals surface area contributed by atoms with Crippen LogP contribution in [0.15, 0.2) is 48.5 Å². The number of amides is 1. The van der Waals surface area contributed by atoms with Gasteiger partial charge in [0.15, 0.2) is 0 Å². The maximum atomic E-state index is 12.5. The van der Waals surface area contributed by atoms with Gasteiger partial charge in [0, 0.05) is 22.3 Å². The monoisotopic (exact) mass is 406 g/mol. The number of anilines is 1. The van der Waals surface area contributed by atoms with Crippen LogP contribution in [0.25, 0.3) is 0 Å². The fourth-order valence-electron chi connectivity index (χ4n) is 2.79. The molecule has 4 heteroatoms. The van der Waals surface area contributed by atoms with Gasteiger partial charge in [0.05, 0.1) is 6.04 Å². The maximum Gasteiger partial charge on any atom is 0.241 e. The molecule has 1 heterocycles. The van der Waals surface area contributed by atoms with Crippen molar-refractivity contribution in [2.75, 3.05) is 11.9 Å². The summed E-state index contributed by atoms with van der Waals surface area (Å²) < 4.78 is 1.16. The van der Waals surface area contributed by atoms with Crippen molar-refractivity contribution >= 4 is 34.2 Å². The van der Waals surface area contributed by atoms with Gasteiger partial charge in [-0.05, 0) is 71.3 Å². The minimum Gasteiger partial charge on any atom is -0.325 e. The summed E-state index contributed by atoms with van der Waals surface area (Å²) in [6.45, 7) is 3.76. The summed E-state index contributed by atoms with van der Waals surface area (Å²) in [6.07, 6.45) is 1.01. The standard InChI is InChI=1S/C18H19IN2O/c1-13(18(22)20-17-8-6-16(19)7-9-17)21-11-10-14-4-2-3-5-15(14)12-21/h2-9,13H,10-12H2,1H3,(H,20,22). The van der Waals surface area contributed by atoms with E-state index in [2.05, 4.69) is 57.1 Å². The molecule has 1 N–H and O–H groups in total. The minimum absolute atomic E-state index is 0.0561. The van der Waals surface area contributed by atoms with E-state index in [0.29, 0.717) is 0 Å². The minimum atomic E-state index is -0.132. The fourth-order valence-corrected chi connectivity index (χ4v) is 3.15. The summed E-state index contributed by atoms with van der Waals surface area (Å²) in [5.74, 6) is 0.0561. The van der Waals surface area contributed by atoms with E-state index in [1.807, 2.05) is 31.2 Å². The van der Waals surface area contributed by atoms with Gasteiger partial charge in [-0.15, -0.1) is 0 Å². The average molecular weight is 406 g/mol. The molecule has 1 atom stereocenters. The fraction of sp³-hybridized carbons (Fsp3) is 0.278. The van der Waals surface area contributed by atoms with E-state index in [-0.39, 0.29) is 11.9 Å². The van der Waals surface area contributed by atoms with Crippen LogP contribution >= 0.6 is 22.6 Å². The molecule has 114 valence electrons. The lowest BCUT2D eigenvalue weighted by molar-refractivity contribution is -0.121. The molecule has 0 saturated carbocycles. The van der Waals surface area contributed by atoms with Gasteiger partial charge in [0.1, 0.15) is 0 Å². The number of rotatable bonds is 3. The highest BCUT2D eigenvalue weighted by Crippen LogP contribution is 2.21. The zero-order chi connectivity index (χ0) is 15.5. The van der Waals surface area contributed by atoms with Crippen molar-refractivity contribution in [1.29, 1.82) is 0 Å². The number of carbonyl (C=O) groups excluding carboxylic acids is 1. The van der Waals surface area contributed by atoms with Crippen molar-refractivity contribution < 1.29 is 4.79 Å². The molecule has 1 aliphatic rings. The lowest BCUT2D eigenvalue weighted by atomic mass is 9.99. The molecule has 22 heavy (non-hydrogen) atoms. The predicted molar refractivity (Wildman–Crippen MR) is 97.8 cm³/mol. The van der Waals surface area contributed by atoms with Crippen LogP contribution in [-0.2, 0) is 17.8 Å². The average Bonchev–Trinajstić information content (AvgIpc) is 2.55. The summed E-state index contributed by atoms with van der Waals surface area (Å²) in [6, 6.07) is 16.2. The van der Waals surface area contributed by atoms with E-state index in [9.17, 15) is 4.79 Å². The van der Waals surface area contributed by atoms with E-state index >= 15 is 0 Å². The molecule has 0 saturated heterocycles. The van der Waals surface area contributed by atoms with Gasteiger partial charge in [0.2, 0.25) is 5.91 Å². The maximum absolute atomic E-state index is 12.5. The third kappa shape index (κ3) is 3.50. The van der Waals surface area contributed by atoms with Gasteiger partial charge in [0.25, 0.3) is 0 Å². The number of carbonyl (C=O) groups is 1. The zero-order valence-corrected chi connectivity index (χ0v) is 14.7. The molecule has 0 aromatic heterocycles. The lowest BCUT2D eigenvalue weighted by Crippen LogP contribution is -2.44. The van der Waals surface area contributed by atoms with E-state index in [4.69, 9.17) is 0 Å². The Morgan fingerprint density at radius 1 is 1.14 bits per heavy atom. The molecule has 1 aliphatic heterocycles. The molecule has 3 nitrogen and oxygen atoms in total. The van der Waals surface area contributed by atoms with Gasteiger partial charge in [-0.2, -0.15) is 0 Å². The van der Waals surface area contributed by atoms with Crippen LogP contribution in [0.5, 0.6) is 0 Å². The number of hydrogen-bond donors (Lipinski definition) is 1. The summed E-state index contributed by atoms with van der Waals surface area (Å²) in [5.41, 5.74) is 3.60. The molecule has 2 aromatic carbocycles. The Kier molecular flexibility index (Phi) is 4.78. The van der Waals surface area contributed by atoms with E-state index in [1.165, 1.54) is 11.1 Å². The Balaban J connectivity index is 1.65. The number of hydrogen-bond acceptors (Lipinski definition) is 2. The Hall–Kier alpha value is -1.40. The third-order valence-electron chi connectivity index (χ3n) is 4.20. The van der Waals surface area contributed by atoms with Gasteiger partial charge in [-0.25, -0.2) is 0 Å². The van der Waals surface area contributed by atoms with Gasteiger partial charge < -0.3 is 5.32 Å². The van der Waals surface area contributed by atoms with Crippen LogP contribution in [0.1, 0.15) is 18.1 Å². The van der Waals surface area contributed by atoms with E-state index in [1.54, 1.807) is 0 Å². The largest absolute Gasteiger partial charge is 0.325 e. The van der Waals surface area contributed by atoms with Gasteiger partial charge >= 0.3 is 0 Å². The molecule has 0 aliphatic carbocycles. The highest BCUT2D eigenvalue weighted by atomic mass is 127. The Bertz CT molecular complexity index is 669. The van der Waals surface area contributed by atoms with Crippen LogP contribution in [0, 0.1) is 3.57 Å². The molecule has 3 rings (SSSR count). The molecule has 0 spiro atoms. The number of benzene rings is 2. The zero-order valence-electron chi connectivity index (χ0n) is 12.6. The summed E-state index contributed by atoms with van der Waals surface area (Å²) in [7, 11) is 0. The van der Waals surface area contributed by atoms with Gasteiger partial charge in [-0.3, -0.25) is 9.69 Å². The second kappa shape index (κ2) is 6.79. The second-order valence-electron chi connectivity index (χ2n) is 5.66. The molecule has 0 bridgehead atoms. The van der Waals surface area contributed by atoms with Crippen LogP contribution in [0.4, 0.5) is 5.69 Å². The Labute approximate surface area is 144 Å². The first-order valence-electron chi connectivity index (χ1n) is 7.51. The molecule has 1 unspecified atom stereocenters. The molecular weight excluding hydrogens is 387 g/mol. The number of fused-ring (bicyclic) bond motifs is 1. The molecule has 1 amide bonds. The summed E-state index contributed by atoms with van der Waals surface area (Å²) in [4.78, 5) is 14.7. The quantitative estimate of drug-likeness (QED) is 0.789. The summed E-state index contributed by atoms with van der Waals surface area (Å²) >= 11 is 2.26. The molecular formula is C18H19IN2O. The van der Waals surface area contributed by atoms with Crippen molar-refractivity contribution in [1.82, 2.24) is 4.90 Å². The van der Waals surface area contributed by atoms with Crippen LogP contribution < -0.4 is 5.32 Å². The first-order valence-corrected chi connectivity index (χ1v) is 8.58. The van der Waals surface area contributed by atoms with Crippen molar-refractivity contribution in [3.05, 3.63) is 63.2 Å². The summed E-state index contributed by atoms with van der Waals surface area (Å²) in [5, 5.41) is 3.01.